The molecule has 2 N–H and O–H groups in total. The number of rotatable bonds is 3. The molecule has 0 unspecified atom stereocenters. The second-order valence-electron chi connectivity index (χ2n) is 7.62. The van der Waals surface area contributed by atoms with Gasteiger partial charge in [-0.2, -0.15) is 0 Å². The molecule has 0 aliphatic carbocycles. The topological polar surface area (TPSA) is 85.6 Å². The average molecular weight is 480 g/mol. The number of thiocarbonyl (C=S) groups is 1. The largest absolute Gasteiger partial charge is 0.454 e. The molecule has 0 radical (unpaired) electrons. The molecule has 0 saturated carbocycles. The Morgan fingerprint density at radius 3 is 2.73 bits per heavy atom. The maximum Gasteiger partial charge on any atom is 0.257 e. The monoisotopic (exact) mass is 479 g/mol. The molecule has 1 aliphatic rings. The van der Waals surface area contributed by atoms with E-state index in [2.05, 4.69) is 15.6 Å². The van der Waals surface area contributed by atoms with Crippen LogP contribution >= 0.6 is 23.8 Å². The van der Waals surface area contributed by atoms with Gasteiger partial charge in [0.1, 0.15) is 5.52 Å². The molecule has 166 valence electrons. The van der Waals surface area contributed by atoms with Crippen LogP contribution in [0.2, 0.25) is 5.02 Å². The van der Waals surface area contributed by atoms with E-state index in [0.717, 1.165) is 22.2 Å². The lowest BCUT2D eigenvalue weighted by atomic mass is 10.1. The van der Waals surface area contributed by atoms with Gasteiger partial charge in [-0.3, -0.25) is 10.1 Å². The van der Waals surface area contributed by atoms with Crippen LogP contribution in [0.3, 0.4) is 0 Å². The van der Waals surface area contributed by atoms with Crippen molar-refractivity contribution < 1.29 is 18.7 Å². The van der Waals surface area contributed by atoms with Crippen molar-refractivity contribution in [2.45, 2.75) is 13.8 Å². The Labute approximate surface area is 199 Å². The Kier molecular flexibility index (Phi) is 5.39. The fraction of sp³-hybridized carbons (Fsp3) is 0.125. The van der Waals surface area contributed by atoms with E-state index in [1.54, 1.807) is 36.4 Å². The van der Waals surface area contributed by atoms with Crippen molar-refractivity contribution in [3.63, 3.8) is 0 Å². The molecule has 0 saturated heterocycles. The van der Waals surface area contributed by atoms with Crippen LogP contribution in [0.25, 0.3) is 22.6 Å². The van der Waals surface area contributed by atoms with Gasteiger partial charge in [0.05, 0.1) is 10.6 Å². The number of carbonyl (C=O) groups is 1. The van der Waals surface area contributed by atoms with Gasteiger partial charge in [-0.15, -0.1) is 0 Å². The van der Waals surface area contributed by atoms with Crippen molar-refractivity contribution >= 4 is 51.6 Å². The number of nitrogens with zero attached hydrogens (tertiary/aromatic N) is 1. The Morgan fingerprint density at radius 1 is 1.06 bits per heavy atom. The Balaban J connectivity index is 1.34. The highest BCUT2D eigenvalue weighted by Crippen LogP contribution is 2.34. The van der Waals surface area contributed by atoms with Crippen LogP contribution in [-0.4, -0.2) is 22.8 Å². The highest BCUT2D eigenvalue weighted by Gasteiger charge is 2.18. The molecule has 3 aromatic carbocycles. The summed E-state index contributed by atoms with van der Waals surface area (Å²) in [5.74, 6) is 1.16. The zero-order valence-electron chi connectivity index (χ0n) is 17.7. The van der Waals surface area contributed by atoms with Crippen molar-refractivity contribution in [3.05, 3.63) is 70.2 Å². The number of nitrogens with one attached hydrogen (secondary N) is 2. The van der Waals surface area contributed by atoms with Gasteiger partial charge in [0.15, 0.2) is 22.2 Å². The molecule has 1 amide bonds. The number of hydrogen-bond donors (Lipinski definition) is 2. The molecule has 4 aromatic rings. The molecule has 0 spiro atoms. The average Bonchev–Trinajstić information content (AvgIpc) is 3.41. The molecule has 0 atom stereocenters. The number of aromatic nitrogens is 1. The minimum Gasteiger partial charge on any atom is -0.454 e. The zero-order chi connectivity index (χ0) is 23.1. The number of hydrogen-bond acceptors (Lipinski definition) is 6. The lowest BCUT2D eigenvalue weighted by molar-refractivity contribution is 0.0977. The highest BCUT2D eigenvalue weighted by atomic mass is 35.5. The van der Waals surface area contributed by atoms with E-state index < -0.39 is 0 Å². The maximum atomic E-state index is 12.6. The smallest absolute Gasteiger partial charge is 0.257 e. The number of fused-ring (bicyclic) bond motifs is 2. The number of oxazole rings is 1. The van der Waals surface area contributed by atoms with Gasteiger partial charge in [0, 0.05) is 11.3 Å². The third kappa shape index (κ3) is 4.22. The van der Waals surface area contributed by atoms with Gasteiger partial charge in [0.25, 0.3) is 5.91 Å². The van der Waals surface area contributed by atoms with Crippen LogP contribution in [0.1, 0.15) is 21.5 Å². The van der Waals surface area contributed by atoms with E-state index in [0.29, 0.717) is 39.2 Å². The number of benzene rings is 3. The van der Waals surface area contributed by atoms with Gasteiger partial charge in [-0.1, -0.05) is 17.7 Å². The van der Waals surface area contributed by atoms with Gasteiger partial charge in [-0.25, -0.2) is 4.98 Å². The molecular formula is C24H18ClN3O4S. The summed E-state index contributed by atoms with van der Waals surface area (Å²) in [6, 6.07) is 14.2. The SMILES string of the molecule is Cc1cc(C)c2oc(-c3cc(NC(=S)NC(=O)c4ccc5c(c4)OCO5)ccc3Cl)nc2c1. The number of carbonyl (C=O) groups excluding carboxylic acids is 1. The molecule has 5 rings (SSSR count). The van der Waals surface area contributed by atoms with Crippen molar-refractivity contribution in [1.82, 2.24) is 10.3 Å². The molecule has 0 fully saturated rings. The predicted molar refractivity (Wildman–Crippen MR) is 130 cm³/mol. The Bertz CT molecular complexity index is 1430. The van der Waals surface area contributed by atoms with E-state index in [1.807, 2.05) is 26.0 Å². The molecule has 7 nitrogen and oxygen atoms in total. The molecule has 2 heterocycles. The first kappa shape index (κ1) is 21.2. The third-order valence-corrected chi connectivity index (χ3v) is 5.67. The number of aryl methyl sites for hydroxylation is 2. The van der Waals surface area contributed by atoms with E-state index in [1.165, 1.54) is 0 Å². The third-order valence-electron chi connectivity index (χ3n) is 5.14. The van der Waals surface area contributed by atoms with E-state index in [4.69, 9.17) is 37.7 Å². The van der Waals surface area contributed by atoms with Crippen LogP contribution in [0, 0.1) is 13.8 Å². The standard InChI is InChI=1S/C24H18ClN3O4S/c1-12-7-13(2)21-18(8-12)27-23(32-21)16-10-15(4-5-17(16)25)26-24(33)28-22(29)14-3-6-19-20(9-14)31-11-30-19/h3-10H,11H2,1-2H3,(H2,26,28,29,33). The second-order valence-corrected chi connectivity index (χ2v) is 8.44. The van der Waals surface area contributed by atoms with Crippen LogP contribution in [-0.2, 0) is 0 Å². The Morgan fingerprint density at radius 2 is 1.88 bits per heavy atom. The number of halogens is 1. The molecule has 33 heavy (non-hydrogen) atoms. The van der Waals surface area contributed by atoms with E-state index in [9.17, 15) is 4.79 Å². The Hall–Kier alpha value is -3.62. The first-order chi connectivity index (χ1) is 15.9. The highest BCUT2D eigenvalue weighted by molar-refractivity contribution is 7.80. The minimum absolute atomic E-state index is 0.134. The van der Waals surface area contributed by atoms with E-state index >= 15 is 0 Å². The maximum absolute atomic E-state index is 12.6. The molecule has 0 bridgehead atoms. The molecule has 1 aliphatic heterocycles. The van der Waals surface area contributed by atoms with Gasteiger partial charge < -0.3 is 19.2 Å². The fourth-order valence-electron chi connectivity index (χ4n) is 3.63. The van der Waals surface area contributed by atoms with Crippen LogP contribution < -0.4 is 20.1 Å². The quantitative estimate of drug-likeness (QED) is 0.369. The van der Waals surface area contributed by atoms with Gasteiger partial charge in [0.2, 0.25) is 12.7 Å². The lowest BCUT2D eigenvalue weighted by Crippen LogP contribution is -2.34. The predicted octanol–water partition coefficient (Wildman–Crippen LogP) is 5.62. The summed E-state index contributed by atoms with van der Waals surface area (Å²) in [7, 11) is 0. The summed E-state index contributed by atoms with van der Waals surface area (Å²) in [6.07, 6.45) is 0. The summed E-state index contributed by atoms with van der Waals surface area (Å²) < 4.78 is 16.6. The summed E-state index contributed by atoms with van der Waals surface area (Å²) in [5.41, 5.74) is 5.23. The normalized spacial score (nSPS) is 12.1. The van der Waals surface area contributed by atoms with Gasteiger partial charge >= 0.3 is 0 Å². The molecule has 9 heteroatoms. The first-order valence-corrected chi connectivity index (χ1v) is 10.9. The number of ether oxygens (including phenoxy) is 2. The zero-order valence-corrected chi connectivity index (χ0v) is 19.3. The van der Waals surface area contributed by atoms with Crippen molar-refractivity contribution in [3.8, 4) is 23.0 Å². The number of amides is 1. The van der Waals surface area contributed by atoms with Gasteiger partial charge in [-0.05, 0) is 79.7 Å². The van der Waals surface area contributed by atoms with Crippen molar-refractivity contribution in [1.29, 1.82) is 0 Å². The summed E-state index contributed by atoms with van der Waals surface area (Å²) in [6.45, 7) is 4.13. The van der Waals surface area contributed by atoms with Crippen LogP contribution in [0.5, 0.6) is 11.5 Å². The lowest BCUT2D eigenvalue weighted by Gasteiger charge is -2.11. The van der Waals surface area contributed by atoms with Crippen LogP contribution in [0.4, 0.5) is 5.69 Å². The van der Waals surface area contributed by atoms with Crippen LogP contribution in [0.15, 0.2) is 52.9 Å². The molecule has 1 aromatic heterocycles. The fourth-order valence-corrected chi connectivity index (χ4v) is 4.04. The first-order valence-electron chi connectivity index (χ1n) is 10.1. The van der Waals surface area contributed by atoms with Crippen molar-refractivity contribution in [2.24, 2.45) is 0 Å². The number of anilines is 1. The summed E-state index contributed by atoms with van der Waals surface area (Å²) in [4.78, 5) is 17.2. The molecular weight excluding hydrogens is 462 g/mol. The minimum atomic E-state index is -0.371. The second kappa shape index (κ2) is 8.38. The summed E-state index contributed by atoms with van der Waals surface area (Å²) in [5, 5.41) is 6.28. The van der Waals surface area contributed by atoms with Crippen molar-refractivity contribution in [2.75, 3.05) is 12.1 Å². The van der Waals surface area contributed by atoms with E-state index in [-0.39, 0.29) is 17.8 Å². The summed E-state index contributed by atoms with van der Waals surface area (Å²) >= 11 is 11.7.